The second-order valence-electron chi connectivity index (χ2n) is 4.88. The fourth-order valence-corrected chi connectivity index (χ4v) is 2.17. The summed E-state index contributed by atoms with van der Waals surface area (Å²) in [6.45, 7) is -1.05. The summed E-state index contributed by atoms with van der Waals surface area (Å²) < 4.78 is 0. The number of hydrogen-bond acceptors (Lipinski definition) is 7. The maximum Gasteiger partial charge on any atom is 0.322 e. The number of carbonyl (C=O) groups is 5. The Labute approximate surface area is 148 Å². The van der Waals surface area contributed by atoms with Crippen molar-refractivity contribution in [2.24, 2.45) is 5.73 Å². The van der Waals surface area contributed by atoms with E-state index in [1.165, 1.54) is 11.8 Å². The zero-order valence-corrected chi connectivity index (χ0v) is 14.4. The molecule has 12 heteroatoms. The Morgan fingerprint density at radius 1 is 1.00 bits per heavy atom. The number of amides is 3. The van der Waals surface area contributed by atoms with Crippen LogP contribution in [0.4, 0.5) is 0 Å². The molecule has 0 rings (SSSR count). The topological polar surface area (TPSA) is 188 Å². The van der Waals surface area contributed by atoms with Gasteiger partial charge in [0.1, 0.15) is 18.6 Å². The van der Waals surface area contributed by atoms with Gasteiger partial charge in [-0.15, -0.1) is 0 Å². The normalized spacial score (nSPS) is 12.6. The number of carboxylic acids is 2. The average molecular weight is 378 g/mol. The first-order valence-electron chi connectivity index (χ1n) is 7.21. The molecule has 25 heavy (non-hydrogen) atoms. The van der Waals surface area contributed by atoms with E-state index in [4.69, 9.17) is 15.9 Å². The molecule has 0 aromatic carbocycles. The number of carbonyl (C=O) groups excluding carboxylic acids is 3. The monoisotopic (exact) mass is 378 g/mol. The molecule has 0 saturated heterocycles. The van der Waals surface area contributed by atoms with Crippen LogP contribution in [0.5, 0.6) is 0 Å². The summed E-state index contributed by atoms with van der Waals surface area (Å²) in [4.78, 5) is 56.9. The first-order chi connectivity index (χ1) is 11.7. The molecule has 0 heterocycles. The van der Waals surface area contributed by atoms with E-state index in [0.717, 1.165) is 0 Å². The molecule has 0 aliphatic rings. The molecule has 142 valence electrons. The van der Waals surface area contributed by atoms with Crippen LogP contribution in [0.3, 0.4) is 0 Å². The third kappa shape index (κ3) is 10.2. The van der Waals surface area contributed by atoms with E-state index < -0.39 is 54.7 Å². The van der Waals surface area contributed by atoms with Crippen LogP contribution in [0.15, 0.2) is 0 Å². The highest BCUT2D eigenvalue weighted by molar-refractivity contribution is 7.98. The van der Waals surface area contributed by atoms with Gasteiger partial charge in [0.2, 0.25) is 17.7 Å². The lowest BCUT2D eigenvalue weighted by molar-refractivity contribution is -0.141. The van der Waals surface area contributed by atoms with E-state index >= 15 is 0 Å². The van der Waals surface area contributed by atoms with E-state index in [1.54, 1.807) is 6.26 Å². The first-order valence-corrected chi connectivity index (χ1v) is 8.60. The van der Waals surface area contributed by atoms with Crippen molar-refractivity contribution < 1.29 is 34.2 Å². The van der Waals surface area contributed by atoms with Crippen LogP contribution >= 0.6 is 11.8 Å². The van der Waals surface area contributed by atoms with Gasteiger partial charge < -0.3 is 31.9 Å². The molecule has 0 fully saturated rings. The summed E-state index contributed by atoms with van der Waals surface area (Å²) in [7, 11) is 0. The van der Waals surface area contributed by atoms with Crippen molar-refractivity contribution in [3.8, 4) is 0 Å². The van der Waals surface area contributed by atoms with Crippen LogP contribution in [0.2, 0.25) is 0 Å². The minimum absolute atomic E-state index is 0.245. The van der Waals surface area contributed by atoms with Gasteiger partial charge in [-0.1, -0.05) is 0 Å². The van der Waals surface area contributed by atoms with Crippen LogP contribution in [0.25, 0.3) is 0 Å². The molecule has 3 amide bonds. The van der Waals surface area contributed by atoms with Crippen LogP contribution in [0.1, 0.15) is 12.8 Å². The van der Waals surface area contributed by atoms with E-state index in [0.29, 0.717) is 5.75 Å². The zero-order chi connectivity index (χ0) is 19.4. The summed E-state index contributed by atoms with van der Waals surface area (Å²) in [6, 6.07) is -2.47. The molecule has 0 bridgehead atoms. The van der Waals surface area contributed by atoms with Crippen molar-refractivity contribution in [1.29, 1.82) is 0 Å². The van der Waals surface area contributed by atoms with Crippen LogP contribution in [0, 0.1) is 0 Å². The fourth-order valence-electron chi connectivity index (χ4n) is 1.70. The van der Waals surface area contributed by atoms with Gasteiger partial charge in [-0.3, -0.25) is 24.0 Å². The largest absolute Gasteiger partial charge is 0.481 e. The lowest BCUT2D eigenvalue weighted by atomic mass is 10.1. The Morgan fingerprint density at radius 3 is 2.12 bits per heavy atom. The van der Waals surface area contributed by atoms with Crippen LogP contribution in [-0.4, -0.2) is 77.1 Å². The number of carboxylic acid groups (broad SMARTS) is 2. The van der Waals surface area contributed by atoms with Crippen LogP contribution in [-0.2, 0) is 24.0 Å². The molecule has 0 aliphatic carbocycles. The Kier molecular flexibility index (Phi) is 11.0. The third-order valence-corrected chi connectivity index (χ3v) is 3.52. The third-order valence-electron chi connectivity index (χ3n) is 2.87. The van der Waals surface area contributed by atoms with Crippen molar-refractivity contribution in [1.82, 2.24) is 16.0 Å². The SMILES string of the molecule is CSCCC(NC(=O)CN)C(=O)NC(CC(=O)O)C(=O)NCC(=O)O. The van der Waals surface area contributed by atoms with Crippen molar-refractivity contribution >= 4 is 41.4 Å². The lowest BCUT2D eigenvalue weighted by Gasteiger charge is -2.22. The summed E-state index contributed by atoms with van der Waals surface area (Å²) in [5.41, 5.74) is 5.19. The van der Waals surface area contributed by atoms with E-state index in [2.05, 4.69) is 10.6 Å². The molecule has 11 nitrogen and oxygen atoms in total. The molecule has 0 radical (unpaired) electrons. The van der Waals surface area contributed by atoms with E-state index in [-0.39, 0.29) is 13.0 Å². The second kappa shape index (κ2) is 12.1. The average Bonchev–Trinajstić information content (AvgIpc) is 2.54. The highest BCUT2D eigenvalue weighted by atomic mass is 32.2. The summed E-state index contributed by atoms with van der Waals surface area (Å²) in [5, 5.41) is 24.0. The van der Waals surface area contributed by atoms with Gasteiger partial charge >= 0.3 is 11.9 Å². The highest BCUT2D eigenvalue weighted by Crippen LogP contribution is 2.03. The smallest absolute Gasteiger partial charge is 0.322 e. The van der Waals surface area contributed by atoms with Gasteiger partial charge in [-0.05, 0) is 18.4 Å². The molecule has 0 aromatic rings. The minimum Gasteiger partial charge on any atom is -0.481 e. The van der Waals surface area contributed by atoms with Gasteiger partial charge in [0.25, 0.3) is 0 Å². The molecular weight excluding hydrogens is 356 g/mol. The highest BCUT2D eigenvalue weighted by Gasteiger charge is 2.28. The van der Waals surface area contributed by atoms with Crippen molar-refractivity contribution in [2.45, 2.75) is 24.9 Å². The van der Waals surface area contributed by atoms with Gasteiger partial charge in [0.05, 0.1) is 13.0 Å². The molecule has 0 aliphatic heterocycles. The molecule has 7 N–H and O–H groups in total. The molecule has 0 saturated carbocycles. The standard InChI is InChI=1S/C13H22N4O7S/c1-25-3-2-7(16-9(18)5-14)13(24)17-8(4-10(19)20)12(23)15-6-11(21)22/h7-8H,2-6,14H2,1H3,(H,15,23)(H,16,18)(H,17,24)(H,19,20)(H,21,22). The predicted molar refractivity (Wildman–Crippen MR) is 88.8 cm³/mol. The van der Waals surface area contributed by atoms with Crippen molar-refractivity contribution in [3.05, 3.63) is 0 Å². The number of nitrogens with two attached hydrogens (primary N) is 1. The molecular formula is C13H22N4O7S. The Bertz CT molecular complexity index is 515. The van der Waals surface area contributed by atoms with E-state index in [9.17, 15) is 24.0 Å². The summed E-state index contributed by atoms with van der Waals surface area (Å²) in [6.07, 6.45) is 1.30. The van der Waals surface area contributed by atoms with Gasteiger partial charge in [-0.2, -0.15) is 11.8 Å². The second-order valence-corrected chi connectivity index (χ2v) is 5.86. The summed E-state index contributed by atoms with van der Waals surface area (Å²) in [5.74, 6) is -4.44. The first kappa shape index (κ1) is 22.7. The number of rotatable bonds is 12. The Morgan fingerprint density at radius 2 is 1.64 bits per heavy atom. The molecule has 2 atom stereocenters. The number of hydrogen-bond donors (Lipinski definition) is 6. The van der Waals surface area contributed by atoms with Crippen molar-refractivity contribution in [3.63, 3.8) is 0 Å². The number of aliphatic carboxylic acids is 2. The number of thioether (sulfide) groups is 1. The Hall–Kier alpha value is -2.34. The van der Waals surface area contributed by atoms with Crippen molar-refractivity contribution in [2.75, 3.05) is 25.1 Å². The summed E-state index contributed by atoms with van der Waals surface area (Å²) >= 11 is 1.43. The Balaban J connectivity index is 5.02. The minimum atomic E-state index is -1.48. The molecule has 0 aromatic heterocycles. The lowest BCUT2D eigenvalue weighted by Crippen LogP contribution is -2.55. The van der Waals surface area contributed by atoms with Crippen LogP contribution < -0.4 is 21.7 Å². The van der Waals surface area contributed by atoms with Gasteiger partial charge in [-0.25, -0.2) is 0 Å². The maximum atomic E-state index is 12.3. The van der Waals surface area contributed by atoms with E-state index in [1.807, 2.05) is 5.32 Å². The van der Waals surface area contributed by atoms with Gasteiger partial charge in [0, 0.05) is 0 Å². The number of nitrogens with one attached hydrogen (secondary N) is 3. The molecule has 2 unspecified atom stereocenters. The maximum absolute atomic E-state index is 12.3. The fraction of sp³-hybridized carbons (Fsp3) is 0.615. The quantitative estimate of drug-likeness (QED) is 0.211. The molecule has 0 spiro atoms. The zero-order valence-electron chi connectivity index (χ0n) is 13.6. The van der Waals surface area contributed by atoms with Gasteiger partial charge in [0.15, 0.2) is 0 Å². The predicted octanol–water partition coefficient (Wildman–Crippen LogP) is -2.66.